The Bertz CT molecular complexity index is 508. The number of nitrogens with two attached hydrogens (primary N) is 1. The number of likely N-dealkylation sites (tertiary alicyclic amines) is 1. The van der Waals surface area contributed by atoms with Gasteiger partial charge in [0.2, 0.25) is 11.8 Å². The molecule has 2 rings (SSSR count). The number of benzene rings is 1. The second kappa shape index (κ2) is 9.43. The summed E-state index contributed by atoms with van der Waals surface area (Å²) in [5, 5.41) is 2.87. The van der Waals surface area contributed by atoms with E-state index >= 15 is 0 Å². The molecule has 0 spiro atoms. The lowest BCUT2D eigenvalue weighted by molar-refractivity contribution is -0.133. The molecule has 0 atom stereocenters. The third kappa shape index (κ3) is 5.66. The zero-order valence-corrected chi connectivity index (χ0v) is 13.5. The molecule has 122 valence electrons. The highest BCUT2D eigenvalue weighted by Crippen LogP contribution is 2.17. The van der Waals surface area contributed by atoms with Gasteiger partial charge >= 0.3 is 0 Å². The Kier molecular flexibility index (Phi) is 7.91. The first-order valence-corrected chi connectivity index (χ1v) is 7.55. The Morgan fingerprint density at radius 2 is 2.14 bits per heavy atom. The van der Waals surface area contributed by atoms with Crippen LogP contribution in [0.25, 0.3) is 0 Å². The lowest BCUT2D eigenvalue weighted by Crippen LogP contribution is -2.34. The average molecular weight is 326 g/mol. The standard InChI is InChI=1S/C16H23N3O2.ClH/c17-9-4-7-15(20)18-14-6-3-5-13(11-14)12-19-10-2-1-8-16(19)21;/h3,5-6,11H,1-2,4,7-10,12,17H2,(H,18,20);1H. The van der Waals surface area contributed by atoms with Crippen LogP contribution in [0.15, 0.2) is 24.3 Å². The Labute approximate surface area is 137 Å². The first-order chi connectivity index (χ1) is 10.2. The van der Waals surface area contributed by atoms with Crippen LogP contribution in [-0.2, 0) is 16.1 Å². The topological polar surface area (TPSA) is 75.4 Å². The summed E-state index contributed by atoms with van der Waals surface area (Å²) in [6.07, 6.45) is 3.84. The van der Waals surface area contributed by atoms with Gasteiger partial charge in [0.15, 0.2) is 0 Å². The van der Waals surface area contributed by atoms with Crippen molar-refractivity contribution in [3.8, 4) is 0 Å². The van der Waals surface area contributed by atoms with Gasteiger partial charge < -0.3 is 16.0 Å². The van der Waals surface area contributed by atoms with Crippen LogP contribution in [0.1, 0.15) is 37.7 Å². The highest BCUT2D eigenvalue weighted by molar-refractivity contribution is 5.90. The van der Waals surface area contributed by atoms with Gasteiger partial charge in [0.1, 0.15) is 0 Å². The normalized spacial score (nSPS) is 14.4. The average Bonchev–Trinajstić information content (AvgIpc) is 2.48. The van der Waals surface area contributed by atoms with Gasteiger partial charge in [0.25, 0.3) is 0 Å². The first-order valence-electron chi connectivity index (χ1n) is 7.55. The van der Waals surface area contributed by atoms with Gasteiger partial charge in [-0.1, -0.05) is 12.1 Å². The highest BCUT2D eigenvalue weighted by atomic mass is 35.5. The lowest BCUT2D eigenvalue weighted by Gasteiger charge is -2.26. The fourth-order valence-corrected chi connectivity index (χ4v) is 2.48. The molecule has 2 amide bonds. The van der Waals surface area contributed by atoms with Crippen LogP contribution in [-0.4, -0.2) is 29.8 Å². The SMILES string of the molecule is Cl.NCCCC(=O)Nc1cccc(CN2CCCCC2=O)c1. The van der Waals surface area contributed by atoms with Crippen LogP contribution < -0.4 is 11.1 Å². The zero-order chi connectivity index (χ0) is 15.1. The van der Waals surface area contributed by atoms with Gasteiger partial charge in [-0.15, -0.1) is 12.4 Å². The summed E-state index contributed by atoms with van der Waals surface area (Å²) in [5.74, 6) is 0.199. The van der Waals surface area contributed by atoms with E-state index < -0.39 is 0 Å². The molecule has 0 aromatic heterocycles. The van der Waals surface area contributed by atoms with Gasteiger partial charge in [-0.3, -0.25) is 9.59 Å². The second-order valence-corrected chi connectivity index (χ2v) is 5.41. The minimum absolute atomic E-state index is 0. The molecule has 1 aromatic rings. The third-order valence-electron chi connectivity index (χ3n) is 3.61. The number of hydrogen-bond acceptors (Lipinski definition) is 3. The molecule has 1 aliphatic rings. The molecule has 0 radical (unpaired) electrons. The molecule has 0 bridgehead atoms. The summed E-state index contributed by atoms with van der Waals surface area (Å²) in [6, 6.07) is 7.68. The number of hydrogen-bond donors (Lipinski definition) is 2. The van der Waals surface area contributed by atoms with E-state index in [1.807, 2.05) is 29.2 Å². The molecule has 5 nitrogen and oxygen atoms in total. The molecule has 6 heteroatoms. The van der Waals surface area contributed by atoms with Crippen LogP contribution >= 0.6 is 12.4 Å². The molecule has 1 fully saturated rings. The first kappa shape index (κ1) is 18.5. The van der Waals surface area contributed by atoms with Crippen molar-refractivity contribution in [3.63, 3.8) is 0 Å². The Morgan fingerprint density at radius 3 is 2.86 bits per heavy atom. The number of nitrogens with one attached hydrogen (secondary N) is 1. The molecule has 1 saturated heterocycles. The van der Waals surface area contributed by atoms with Gasteiger partial charge in [-0.25, -0.2) is 0 Å². The maximum absolute atomic E-state index is 11.8. The Morgan fingerprint density at radius 1 is 1.32 bits per heavy atom. The maximum Gasteiger partial charge on any atom is 0.224 e. The number of piperidine rings is 1. The summed E-state index contributed by atoms with van der Waals surface area (Å²) >= 11 is 0. The predicted octanol–water partition coefficient (Wildman–Crippen LogP) is 2.30. The Balaban J connectivity index is 0.00000242. The number of halogens is 1. The van der Waals surface area contributed by atoms with Crippen LogP contribution in [0.3, 0.4) is 0 Å². The van der Waals surface area contributed by atoms with Gasteiger partial charge in [-0.2, -0.15) is 0 Å². The van der Waals surface area contributed by atoms with E-state index in [-0.39, 0.29) is 24.2 Å². The summed E-state index contributed by atoms with van der Waals surface area (Å²) < 4.78 is 0. The van der Waals surface area contributed by atoms with Crippen molar-refractivity contribution < 1.29 is 9.59 Å². The summed E-state index contributed by atoms with van der Waals surface area (Å²) in [5.41, 5.74) is 7.21. The summed E-state index contributed by atoms with van der Waals surface area (Å²) in [6.45, 7) is 1.96. The minimum Gasteiger partial charge on any atom is -0.338 e. The molecule has 1 aliphatic heterocycles. The molecule has 3 N–H and O–H groups in total. The van der Waals surface area contributed by atoms with Gasteiger partial charge in [0, 0.05) is 31.6 Å². The van der Waals surface area contributed by atoms with Crippen molar-refractivity contribution in [2.45, 2.75) is 38.6 Å². The van der Waals surface area contributed by atoms with Crippen molar-refractivity contribution in [2.75, 3.05) is 18.4 Å². The second-order valence-electron chi connectivity index (χ2n) is 5.41. The van der Waals surface area contributed by atoms with E-state index in [1.54, 1.807) is 0 Å². The van der Waals surface area contributed by atoms with Crippen molar-refractivity contribution in [1.29, 1.82) is 0 Å². The van der Waals surface area contributed by atoms with E-state index in [9.17, 15) is 9.59 Å². The molecular formula is C16H24ClN3O2. The van der Waals surface area contributed by atoms with Crippen molar-refractivity contribution in [2.24, 2.45) is 5.73 Å². The highest BCUT2D eigenvalue weighted by Gasteiger charge is 2.17. The third-order valence-corrected chi connectivity index (χ3v) is 3.61. The van der Waals surface area contributed by atoms with E-state index in [0.717, 1.165) is 30.6 Å². The van der Waals surface area contributed by atoms with E-state index in [0.29, 0.717) is 32.4 Å². The van der Waals surface area contributed by atoms with Crippen LogP contribution in [0.5, 0.6) is 0 Å². The van der Waals surface area contributed by atoms with Crippen LogP contribution in [0.4, 0.5) is 5.69 Å². The molecule has 0 saturated carbocycles. The Hall–Kier alpha value is -1.59. The van der Waals surface area contributed by atoms with E-state index in [2.05, 4.69) is 5.32 Å². The monoisotopic (exact) mass is 325 g/mol. The van der Waals surface area contributed by atoms with E-state index in [1.165, 1.54) is 0 Å². The fourth-order valence-electron chi connectivity index (χ4n) is 2.48. The smallest absolute Gasteiger partial charge is 0.224 e. The molecule has 1 heterocycles. The largest absolute Gasteiger partial charge is 0.338 e. The number of rotatable bonds is 6. The van der Waals surface area contributed by atoms with E-state index in [4.69, 9.17) is 5.73 Å². The summed E-state index contributed by atoms with van der Waals surface area (Å²) in [7, 11) is 0. The van der Waals surface area contributed by atoms with Gasteiger partial charge in [-0.05, 0) is 43.5 Å². The van der Waals surface area contributed by atoms with Crippen molar-refractivity contribution in [1.82, 2.24) is 4.90 Å². The number of amides is 2. The summed E-state index contributed by atoms with van der Waals surface area (Å²) in [4.78, 5) is 25.4. The van der Waals surface area contributed by atoms with Crippen molar-refractivity contribution >= 4 is 29.9 Å². The lowest BCUT2D eigenvalue weighted by atomic mass is 10.1. The maximum atomic E-state index is 11.8. The molecule has 0 aliphatic carbocycles. The van der Waals surface area contributed by atoms with Crippen LogP contribution in [0, 0.1) is 0 Å². The molecule has 22 heavy (non-hydrogen) atoms. The number of carbonyl (C=O) groups excluding carboxylic acids is 2. The van der Waals surface area contributed by atoms with Crippen LogP contribution in [0.2, 0.25) is 0 Å². The fraction of sp³-hybridized carbons (Fsp3) is 0.500. The molecular weight excluding hydrogens is 302 g/mol. The minimum atomic E-state index is -0.0216. The molecule has 1 aromatic carbocycles. The number of carbonyl (C=O) groups is 2. The predicted molar refractivity (Wildman–Crippen MR) is 89.9 cm³/mol. The zero-order valence-electron chi connectivity index (χ0n) is 12.7. The van der Waals surface area contributed by atoms with Gasteiger partial charge in [0.05, 0.1) is 0 Å². The van der Waals surface area contributed by atoms with Crippen molar-refractivity contribution in [3.05, 3.63) is 29.8 Å². The number of nitrogens with zero attached hydrogens (tertiary/aromatic N) is 1. The number of anilines is 1. The molecule has 0 unspecified atom stereocenters. The quantitative estimate of drug-likeness (QED) is 0.842.